The van der Waals surface area contributed by atoms with Crippen LogP contribution in [-0.4, -0.2) is 48.9 Å². The molecule has 0 saturated carbocycles. The van der Waals surface area contributed by atoms with Crippen LogP contribution in [0.5, 0.6) is 5.75 Å². The lowest BCUT2D eigenvalue weighted by Crippen LogP contribution is -2.45. The third-order valence-corrected chi connectivity index (χ3v) is 3.24. The Hall–Kier alpha value is -2.78. The number of esters is 2. The van der Waals surface area contributed by atoms with Crippen molar-refractivity contribution in [3.05, 3.63) is 29.8 Å². The van der Waals surface area contributed by atoms with Gasteiger partial charge in [0, 0.05) is 6.42 Å². The number of hydrogen-bond acceptors (Lipinski definition) is 6. The van der Waals surface area contributed by atoms with E-state index in [-0.39, 0.29) is 12.4 Å². The second-order valence-corrected chi connectivity index (χ2v) is 5.29. The van der Waals surface area contributed by atoms with Crippen molar-refractivity contribution in [1.29, 1.82) is 0 Å². The molecule has 1 aromatic carbocycles. The van der Waals surface area contributed by atoms with Gasteiger partial charge in [-0.25, -0.2) is 0 Å². The molecule has 0 saturated heterocycles. The number of halogens is 3. The molecule has 144 valence electrons. The minimum Gasteiger partial charge on any atom is -0.508 e. The van der Waals surface area contributed by atoms with Gasteiger partial charge in [-0.3, -0.25) is 14.4 Å². The highest BCUT2D eigenvalue weighted by atomic mass is 19.4. The first kappa shape index (κ1) is 21.3. The predicted octanol–water partition coefficient (Wildman–Crippen LogP) is 1.48. The molecule has 1 atom stereocenters. The Bertz CT molecular complexity index is 630. The van der Waals surface area contributed by atoms with Gasteiger partial charge in [-0.15, -0.1) is 0 Å². The van der Waals surface area contributed by atoms with E-state index in [4.69, 9.17) is 9.84 Å². The lowest BCUT2D eigenvalue weighted by atomic mass is 10.1. The van der Waals surface area contributed by atoms with E-state index in [1.165, 1.54) is 12.1 Å². The zero-order chi connectivity index (χ0) is 19.7. The summed E-state index contributed by atoms with van der Waals surface area (Å²) in [6.45, 7) is -0.0538. The van der Waals surface area contributed by atoms with Crippen molar-refractivity contribution in [1.82, 2.24) is 5.32 Å². The second kappa shape index (κ2) is 9.64. The lowest BCUT2D eigenvalue weighted by molar-refractivity contribution is -0.174. The second-order valence-electron chi connectivity index (χ2n) is 5.29. The average Bonchev–Trinajstić information content (AvgIpc) is 2.55. The molecule has 1 amide bonds. The van der Waals surface area contributed by atoms with Crippen molar-refractivity contribution in [3.8, 4) is 5.75 Å². The van der Waals surface area contributed by atoms with Crippen molar-refractivity contribution in [2.75, 3.05) is 13.7 Å². The number of aromatic hydroxyl groups is 1. The summed E-state index contributed by atoms with van der Waals surface area (Å²) >= 11 is 0. The van der Waals surface area contributed by atoms with Gasteiger partial charge in [-0.1, -0.05) is 12.1 Å². The first-order valence-corrected chi connectivity index (χ1v) is 7.50. The topological polar surface area (TPSA) is 102 Å². The van der Waals surface area contributed by atoms with Crippen LogP contribution in [-0.2, 0) is 30.3 Å². The van der Waals surface area contributed by atoms with Crippen LogP contribution in [0.1, 0.15) is 18.4 Å². The van der Waals surface area contributed by atoms with Gasteiger partial charge in [0.2, 0.25) is 0 Å². The van der Waals surface area contributed by atoms with Crippen LogP contribution >= 0.6 is 0 Å². The van der Waals surface area contributed by atoms with Gasteiger partial charge in [0.25, 0.3) is 0 Å². The Balaban J connectivity index is 2.53. The molecule has 0 aliphatic heterocycles. The predicted molar refractivity (Wildman–Crippen MR) is 82.0 cm³/mol. The molecule has 0 fully saturated rings. The number of methoxy groups -OCH3 is 1. The summed E-state index contributed by atoms with van der Waals surface area (Å²) in [4.78, 5) is 34.0. The van der Waals surface area contributed by atoms with Crippen LogP contribution < -0.4 is 5.32 Å². The minimum absolute atomic E-state index is 0.0538. The first-order valence-electron chi connectivity index (χ1n) is 7.50. The minimum atomic E-state index is -5.14. The molecule has 0 bridgehead atoms. The molecule has 26 heavy (non-hydrogen) atoms. The molecule has 0 aliphatic carbocycles. The van der Waals surface area contributed by atoms with Crippen molar-refractivity contribution >= 4 is 17.8 Å². The molecule has 1 rings (SSSR count). The molecule has 1 aromatic rings. The molecule has 2 N–H and O–H groups in total. The van der Waals surface area contributed by atoms with E-state index < -0.39 is 42.9 Å². The van der Waals surface area contributed by atoms with Gasteiger partial charge in [0.15, 0.2) is 0 Å². The van der Waals surface area contributed by atoms with Crippen LogP contribution in [0.25, 0.3) is 0 Å². The van der Waals surface area contributed by atoms with Gasteiger partial charge in [0.1, 0.15) is 5.75 Å². The molecule has 1 unspecified atom stereocenters. The molecular formula is C16H18F3NO6. The first-order chi connectivity index (χ1) is 12.1. The van der Waals surface area contributed by atoms with Gasteiger partial charge >= 0.3 is 24.0 Å². The maximum absolute atomic E-state index is 12.3. The van der Waals surface area contributed by atoms with Gasteiger partial charge in [-0.05, 0) is 17.7 Å². The number of amides is 1. The molecule has 0 spiro atoms. The number of hydrogen-bond donors (Lipinski definition) is 2. The van der Waals surface area contributed by atoms with Crippen molar-refractivity contribution in [2.24, 2.45) is 0 Å². The van der Waals surface area contributed by atoms with Gasteiger partial charge in [0.05, 0.1) is 32.6 Å². The summed E-state index contributed by atoms with van der Waals surface area (Å²) in [5.74, 6) is -3.94. The molecule has 0 aliphatic rings. The van der Waals surface area contributed by atoms with E-state index in [9.17, 15) is 27.6 Å². The quantitative estimate of drug-likeness (QED) is 0.666. The number of phenols is 1. The highest BCUT2D eigenvalue weighted by molar-refractivity contribution is 5.83. The van der Waals surface area contributed by atoms with Crippen molar-refractivity contribution < 1.29 is 42.1 Å². The van der Waals surface area contributed by atoms with Crippen LogP contribution in [0.2, 0.25) is 0 Å². The molecule has 10 heteroatoms. The summed E-state index contributed by atoms with van der Waals surface area (Å²) in [6.07, 6.45) is -6.04. The smallest absolute Gasteiger partial charge is 0.471 e. The van der Waals surface area contributed by atoms with Crippen LogP contribution in [0, 0.1) is 0 Å². The molecule has 0 heterocycles. The number of ether oxygens (including phenoxy) is 2. The van der Waals surface area contributed by atoms with Gasteiger partial charge in [-0.2, -0.15) is 13.2 Å². The number of phenolic OH excluding ortho intramolecular Hbond substituents is 1. The summed E-state index contributed by atoms with van der Waals surface area (Å²) in [7, 11) is 1.03. The Morgan fingerprint density at radius 2 is 1.69 bits per heavy atom. The van der Waals surface area contributed by atoms with E-state index in [1.54, 1.807) is 17.4 Å². The standard InChI is InChI=1S/C16H18F3NO6/c1-25-13(22)8-11(20-15(24)16(17,18)19)9-14(23)26-7-6-10-2-4-12(21)5-3-10/h2-5,11,21H,6-9H2,1H3,(H,20,24). The molecule has 7 nitrogen and oxygen atoms in total. The summed E-state index contributed by atoms with van der Waals surface area (Å²) in [5.41, 5.74) is 0.770. The largest absolute Gasteiger partial charge is 0.508 e. The Morgan fingerprint density at radius 3 is 2.23 bits per heavy atom. The summed E-state index contributed by atoms with van der Waals surface area (Å²) < 4.78 is 46.2. The normalized spacial score (nSPS) is 12.2. The zero-order valence-electron chi connectivity index (χ0n) is 13.8. The van der Waals surface area contributed by atoms with Crippen LogP contribution in [0.4, 0.5) is 13.2 Å². The summed E-state index contributed by atoms with van der Waals surface area (Å²) in [6, 6.07) is 4.74. The highest BCUT2D eigenvalue weighted by Gasteiger charge is 2.40. The number of alkyl halides is 3. The maximum atomic E-state index is 12.3. The van der Waals surface area contributed by atoms with E-state index in [0.29, 0.717) is 6.42 Å². The Labute approximate surface area is 147 Å². The number of carbonyl (C=O) groups is 3. The fourth-order valence-electron chi connectivity index (χ4n) is 1.93. The third kappa shape index (κ3) is 7.86. The number of benzene rings is 1. The number of carbonyl (C=O) groups excluding carboxylic acids is 3. The monoisotopic (exact) mass is 377 g/mol. The van der Waals surface area contributed by atoms with E-state index >= 15 is 0 Å². The third-order valence-electron chi connectivity index (χ3n) is 3.24. The summed E-state index contributed by atoms with van der Waals surface area (Å²) in [5, 5.41) is 10.7. The maximum Gasteiger partial charge on any atom is 0.471 e. The van der Waals surface area contributed by atoms with Gasteiger partial charge < -0.3 is 19.9 Å². The lowest BCUT2D eigenvalue weighted by Gasteiger charge is -2.18. The highest BCUT2D eigenvalue weighted by Crippen LogP contribution is 2.16. The Morgan fingerprint density at radius 1 is 1.12 bits per heavy atom. The van der Waals surface area contributed by atoms with E-state index in [0.717, 1.165) is 12.7 Å². The SMILES string of the molecule is COC(=O)CC(CC(=O)OCCc1ccc(O)cc1)NC(=O)C(F)(F)F. The molecule has 0 radical (unpaired) electrons. The number of rotatable bonds is 8. The van der Waals surface area contributed by atoms with Crippen molar-refractivity contribution in [3.63, 3.8) is 0 Å². The molecular weight excluding hydrogens is 359 g/mol. The van der Waals surface area contributed by atoms with E-state index in [1.807, 2.05) is 0 Å². The average molecular weight is 377 g/mol. The van der Waals surface area contributed by atoms with Crippen molar-refractivity contribution in [2.45, 2.75) is 31.5 Å². The van der Waals surface area contributed by atoms with Crippen LogP contribution in [0.3, 0.4) is 0 Å². The Kier molecular flexibility index (Phi) is 7.88. The zero-order valence-corrected chi connectivity index (χ0v) is 13.8. The van der Waals surface area contributed by atoms with E-state index in [2.05, 4.69) is 4.74 Å². The fourth-order valence-corrected chi connectivity index (χ4v) is 1.93. The fraction of sp³-hybridized carbons (Fsp3) is 0.438. The van der Waals surface area contributed by atoms with Crippen LogP contribution in [0.15, 0.2) is 24.3 Å². The molecule has 0 aromatic heterocycles. The number of nitrogens with one attached hydrogen (secondary N) is 1.